The maximum Gasteiger partial charge on any atom is 0.343 e. The van der Waals surface area contributed by atoms with Gasteiger partial charge in [-0.2, -0.15) is 0 Å². The molecule has 2 aromatic carbocycles. The second-order valence-corrected chi connectivity index (χ2v) is 10.7. The molecular weight excluding hydrogens is 612 g/mol. The van der Waals surface area contributed by atoms with Gasteiger partial charge in [0.25, 0.3) is 5.56 Å². The zero-order valence-corrected chi connectivity index (χ0v) is 26.8. The molecule has 1 aromatic heterocycles. The van der Waals surface area contributed by atoms with E-state index in [1.54, 1.807) is 57.2 Å². The van der Waals surface area contributed by atoms with Crippen molar-refractivity contribution in [1.82, 2.24) is 4.57 Å². The summed E-state index contributed by atoms with van der Waals surface area (Å²) in [7, 11) is 2.77. The van der Waals surface area contributed by atoms with Gasteiger partial charge in [-0.15, -0.1) is 0 Å². The van der Waals surface area contributed by atoms with Crippen LogP contribution in [0.25, 0.3) is 6.08 Å². The number of rotatable bonds is 12. The zero-order valence-electron chi connectivity index (χ0n) is 25.2. The van der Waals surface area contributed by atoms with Crippen molar-refractivity contribution >= 4 is 41.0 Å². The Morgan fingerprint density at radius 3 is 2.41 bits per heavy atom. The van der Waals surface area contributed by atoms with E-state index in [0.717, 1.165) is 0 Å². The number of fused-ring (bicyclic) bond motifs is 1. The van der Waals surface area contributed by atoms with Gasteiger partial charge in [0.1, 0.15) is 0 Å². The molecule has 13 heteroatoms. The molecule has 1 aliphatic heterocycles. The number of esters is 2. The average molecular weight is 645 g/mol. The van der Waals surface area contributed by atoms with Gasteiger partial charge in [0.05, 0.1) is 60.9 Å². The quantitative estimate of drug-likeness (QED) is 0.271. The first-order chi connectivity index (χ1) is 21.2. The summed E-state index contributed by atoms with van der Waals surface area (Å²) in [5.74, 6) is 0.306. The predicted octanol–water partition coefficient (Wildman–Crippen LogP) is 3.81. The Hall–Kier alpha value is -4.29. The molecule has 0 spiro atoms. The summed E-state index contributed by atoms with van der Waals surface area (Å²) in [5.41, 5.74) is 1.41. The van der Waals surface area contributed by atoms with E-state index in [4.69, 9.17) is 35.3 Å². The zero-order chi connectivity index (χ0) is 32.0. The molecule has 0 saturated heterocycles. The number of hydrogen-bond acceptors (Lipinski definition) is 11. The number of halogens is 1. The molecule has 0 bridgehead atoms. The highest BCUT2D eigenvalue weighted by atomic mass is 35.5. The van der Waals surface area contributed by atoms with Gasteiger partial charge < -0.3 is 28.4 Å². The minimum Gasteiger partial charge on any atom is -0.493 e. The highest BCUT2D eigenvalue weighted by molar-refractivity contribution is 7.07. The van der Waals surface area contributed by atoms with Crippen LogP contribution in [0.1, 0.15) is 44.9 Å². The van der Waals surface area contributed by atoms with Crippen molar-refractivity contribution < 1.29 is 38.0 Å². The average Bonchev–Trinajstić information content (AvgIpc) is 3.30. The summed E-state index contributed by atoms with van der Waals surface area (Å²) in [6.45, 7) is 7.56. The molecule has 0 fully saturated rings. The number of aromatic nitrogens is 1. The number of ether oxygens (including phenoxy) is 6. The number of hydrogen-bond donors (Lipinski definition) is 0. The van der Waals surface area contributed by atoms with E-state index < -0.39 is 18.0 Å². The second kappa shape index (κ2) is 14.5. The van der Waals surface area contributed by atoms with Crippen LogP contribution in [-0.2, 0) is 19.1 Å². The van der Waals surface area contributed by atoms with Gasteiger partial charge in [-0.25, -0.2) is 14.6 Å². The smallest absolute Gasteiger partial charge is 0.343 e. The van der Waals surface area contributed by atoms with Crippen LogP contribution in [0.4, 0.5) is 0 Å². The van der Waals surface area contributed by atoms with Crippen molar-refractivity contribution in [2.24, 2.45) is 4.99 Å². The lowest BCUT2D eigenvalue weighted by atomic mass is 9.95. The summed E-state index contributed by atoms with van der Waals surface area (Å²) < 4.78 is 34.4. The maximum atomic E-state index is 14.0. The van der Waals surface area contributed by atoms with Crippen LogP contribution in [-0.4, -0.2) is 57.2 Å². The molecule has 11 nitrogen and oxygen atoms in total. The van der Waals surface area contributed by atoms with Gasteiger partial charge in [0.2, 0.25) is 0 Å². The Morgan fingerprint density at radius 2 is 1.75 bits per heavy atom. The molecule has 0 saturated carbocycles. The Morgan fingerprint density at radius 1 is 1.00 bits per heavy atom. The fourth-order valence-corrected chi connectivity index (χ4v) is 5.96. The van der Waals surface area contributed by atoms with Crippen LogP contribution in [0.3, 0.4) is 0 Å². The summed E-state index contributed by atoms with van der Waals surface area (Å²) in [6, 6.07) is 7.51. The molecule has 1 atom stereocenters. The Kier molecular flexibility index (Phi) is 10.7. The van der Waals surface area contributed by atoms with E-state index in [9.17, 15) is 14.4 Å². The molecule has 0 radical (unpaired) electrons. The minimum atomic E-state index is -0.889. The molecule has 0 unspecified atom stereocenters. The fourth-order valence-electron chi connectivity index (χ4n) is 4.64. The lowest BCUT2D eigenvalue weighted by Gasteiger charge is -2.25. The molecule has 234 valence electrons. The molecule has 0 aliphatic carbocycles. The Bertz CT molecular complexity index is 1780. The van der Waals surface area contributed by atoms with E-state index in [-0.39, 0.29) is 24.3 Å². The van der Waals surface area contributed by atoms with Crippen molar-refractivity contribution in [3.8, 4) is 23.0 Å². The van der Waals surface area contributed by atoms with Gasteiger partial charge in [0.15, 0.2) is 34.4 Å². The van der Waals surface area contributed by atoms with E-state index in [1.165, 1.54) is 30.1 Å². The van der Waals surface area contributed by atoms with Gasteiger partial charge in [0, 0.05) is 0 Å². The largest absolute Gasteiger partial charge is 0.493 e. The van der Waals surface area contributed by atoms with Crippen LogP contribution in [0.15, 0.2) is 51.4 Å². The first kappa shape index (κ1) is 32.6. The molecule has 1 aliphatic rings. The maximum absolute atomic E-state index is 14.0. The van der Waals surface area contributed by atoms with Crippen molar-refractivity contribution in [2.75, 3.05) is 40.6 Å². The summed E-state index contributed by atoms with van der Waals surface area (Å²) >= 11 is 7.65. The molecule has 0 amide bonds. The normalized spacial score (nSPS) is 14.4. The van der Waals surface area contributed by atoms with E-state index in [2.05, 4.69) is 9.73 Å². The third-order valence-corrected chi connectivity index (χ3v) is 7.78. The van der Waals surface area contributed by atoms with Crippen LogP contribution < -0.4 is 33.8 Å². The van der Waals surface area contributed by atoms with E-state index in [0.29, 0.717) is 67.4 Å². The van der Waals surface area contributed by atoms with Crippen molar-refractivity contribution in [2.45, 2.75) is 33.7 Å². The minimum absolute atomic E-state index is 0.136. The molecule has 44 heavy (non-hydrogen) atoms. The van der Waals surface area contributed by atoms with E-state index in [1.807, 2.05) is 6.92 Å². The van der Waals surface area contributed by atoms with Crippen LogP contribution >= 0.6 is 22.9 Å². The van der Waals surface area contributed by atoms with Crippen LogP contribution in [0, 0.1) is 0 Å². The third kappa shape index (κ3) is 6.76. The molecule has 3 aromatic rings. The van der Waals surface area contributed by atoms with Crippen molar-refractivity contribution in [3.05, 3.63) is 77.4 Å². The predicted molar refractivity (Wildman–Crippen MR) is 165 cm³/mol. The highest BCUT2D eigenvalue weighted by Crippen LogP contribution is 2.38. The fraction of sp³-hybridized carbons (Fsp3) is 0.355. The number of carbonyl (C=O) groups excluding carboxylic acids is 2. The number of nitrogens with zero attached hydrogens (tertiary/aromatic N) is 2. The lowest BCUT2D eigenvalue weighted by Crippen LogP contribution is -2.40. The van der Waals surface area contributed by atoms with E-state index >= 15 is 0 Å². The van der Waals surface area contributed by atoms with Gasteiger partial charge >= 0.3 is 11.9 Å². The molecular formula is C31H33ClN2O9S. The molecule has 0 N–H and O–H groups in total. The Balaban J connectivity index is 1.90. The second-order valence-electron chi connectivity index (χ2n) is 9.27. The number of thiazole rings is 1. The number of methoxy groups -OCH3 is 2. The van der Waals surface area contributed by atoms with Crippen molar-refractivity contribution in [1.29, 1.82) is 0 Å². The SMILES string of the molecule is CCOC(=O)C1=C(C)N=c2s/c(=C\c3cc(Cl)c(OCC)c(OC)c3)c(=O)n2[C@H]1c1ccc(OCC(=O)OC)c(OCC)c1. The number of carbonyl (C=O) groups is 2. The monoisotopic (exact) mass is 644 g/mol. The highest BCUT2D eigenvalue weighted by Gasteiger charge is 2.34. The Labute approximate surface area is 262 Å². The van der Waals surface area contributed by atoms with Crippen molar-refractivity contribution in [3.63, 3.8) is 0 Å². The molecule has 2 heterocycles. The van der Waals surface area contributed by atoms with Crippen LogP contribution in [0.5, 0.6) is 23.0 Å². The topological polar surface area (TPSA) is 124 Å². The summed E-state index contributed by atoms with van der Waals surface area (Å²) in [6.07, 6.45) is 1.68. The number of benzene rings is 2. The first-order valence-corrected chi connectivity index (χ1v) is 15.0. The third-order valence-electron chi connectivity index (χ3n) is 6.51. The van der Waals surface area contributed by atoms with Crippen LogP contribution in [0.2, 0.25) is 5.02 Å². The standard InChI is InChI=1S/C31H33ClN2O9S/c1-7-40-22-15-19(10-11-21(22)43-16-25(35)39-6)27-26(30(37)42-9-3)17(4)33-31-34(27)29(36)24(44-31)14-18-12-20(32)28(41-8-2)23(13-18)38-5/h10-15,27H,7-9,16H2,1-6H3/b24-14-/t27-/m0/s1. The number of allylic oxidation sites excluding steroid dienone is 1. The summed E-state index contributed by atoms with van der Waals surface area (Å²) in [5, 5.41) is 0.335. The van der Waals surface area contributed by atoms with Gasteiger partial charge in [-0.05, 0) is 69.2 Å². The summed E-state index contributed by atoms with van der Waals surface area (Å²) in [4.78, 5) is 44.0. The van der Waals surface area contributed by atoms with Gasteiger partial charge in [-0.1, -0.05) is 29.0 Å². The van der Waals surface area contributed by atoms with Gasteiger partial charge in [-0.3, -0.25) is 9.36 Å². The lowest BCUT2D eigenvalue weighted by molar-refractivity contribution is -0.143. The first-order valence-electron chi connectivity index (χ1n) is 13.8. The molecule has 4 rings (SSSR count).